The Morgan fingerprint density at radius 1 is 1.00 bits per heavy atom. The fraction of sp³-hybridized carbons (Fsp3) is 0.280. The zero-order valence-electron chi connectivity index (χ0n) is 20.3. The molecule has 11 nitrogen and oxygen atoms in total. The van der Waals surface area contributed by atoms with Crippen molar-refractivity contribution in [2.24, 2.45) is 5.73 Å². The van der Waals surface area contributed by atoms with Gasteiger partial charge in [-0.3, -0.25) is 19.2 Å². The first-order valence-electron chi connectivity index (χ1n) is 11.1. The van der Waals surface area contributed by atoms with Crippen LogP contribution >= 0.6 is 12.2 Å². The lowest BCUT2D eigenvalue weighted by Gasteiger charge is -2.05. The zero-order valence-corrected chi connectivity index (χ0v) is 21.1. The van der Waals surface area contributed by atoms with E-state index in [0.29, 0.717) is 10.7 Å². The van der Waals surface area contributed by atoms with E-state index in [2.05, 4.69) is 22.9 Å². The average Bonchev–Trinajstić information content (AvgIpc) is 3.17. The van der Waals surface area contributed by atoms with Crippen LogP contribution in [-0.2, 0) is 20.8 Å². The van der Waals surface area contributed by atoms with Gasteiger partial charge in [-0.15, -0.1) is 0 Å². The Bertz CT molecular complexity index is 1150. The molecule has 37 heavy (non-hydrogen) atoms. The maximum atomic E-state index is 12.3. The molecular weight excluding hydrogens is 502 g/mol. The maximum Gasteiger partial charge on any atom is 0.336 e. The molecule has 1 aliphatic heterocycles. The monoisotopic (exact) mass is 531 g/mol. The van der Waals surface area contributed by atoms with E-state index in [1.807, 2.05) is 19.1 Å². The minimum absolute atomic E-state index is 0.0231. The van der Waals surface area contributed by atoms with Gasteiger partial charge in [0.25, 0.3) is 0 Å². The van der Waals surface area contributed by atoms with Crippen molar-refractivity contribution in [3.63, 3.8) is 0 Å². The molecule has 1 aliphatic rings. The number of carbonyl (C=O) groups excluding carboxylic acids is 2. The van der Waals surface area contributed by atoms with Gasteiger partial charge in [0.2, 0.25) is 5.91 Å². The molecule has 1 fully saturated rings. The number of carboxylic acids is 3. The smallest absolute Gasteiger partial charge is 0.336 e. The number of hydrogen-bond acceptors (Lipinski definition) is 7. The summed E-state index contributed by atoms with van der Waals surface area (Å²) in [6.07, 6.45) is 0.679. The first-order valence-corrected chi connectivity index (χ1v) is 11.6. The lowest BCUT2D eigenvalue weighted by molar-refractivity contribution is -0.139. The number of amides is 1. The van der Waals surface area contributed by atoms with Crippen LogP contribution in [-0.4, -0.2) is 62.1 Å². The molecule has 1 amide bonds. The summed E-state index contributed by atoms with van der Waals surface area (Å²) in [7, 11) is 0. The summed E-state index contributed by atoms with van der Waals surface area (Å²) in [6, 6.07) is 12.3. The molecule has 12 heteroatoms. The number of thiocarbonyl (C=S) groups is 1. The normalized spacial score (nSPS) is 14.5. The van der Waals surface area contributed by atoms with Gasteiger partial charge in [0.05, 0.1) is 5.56 Å². The molecule has 0 radical (unpaired) electrons. The van der Waals surface area contributed by atoms with Gasteiger partial charge in [0, 0.05) is 17.5 Å². The van der Waals surface area contributed by atoms with E-state index in [-0.39, 0.29) is 41.7 Å². The molecule has 3 rings (SSSR count). The van der Waals surface area contributed by atoms with E-state index in [4.69, 9.17) is 21.1 Å². The maximum absolute atomic E-state index is 12.3. The first-order chi connectivity index (χ1) is 17.4. The second kappa shape index (κ2) is 15.1. The molecule has 2 aromatic carbocycles. The highest BCUT2D eigenvalue weighted by Gasteiger charge is 2.21. The van der Waals surface area contributed by atoms with Crippen LogP contribution in [0, 0.1) is 0 Å². The first kappa shape index (κ1) is 30.9. The summed E-state index contributed by atoms with van der Waals surface area (Å²) in [6.45, 7) is 3.80. The summed E-state index contributed by atoms with van der Waals surface area (Å²) in [5, 5.41) is 31.0. The SMILES string of the molecule is CC1NC(=S)NC1=O.CCc1ccc(C(=O)c2ccccc2C(=O)O)cc1.NC(CCC(=O)O)C(=O)O. The second-order valence-corrected chi connectivity index (χ2v) is 8.20. The zero-order chi connectivity index (χ0) is 28.1. The number of hydrogen-bond donors (Lipinski definition) is 6. The van der Waals surface area contributed by atoms with Crippen molar-refractivity contribution in [3.8, 4) is 0 Å². The van der Waals surface area contributed by atoms with E-state index >= 15 is 0 Å². The highest BCUT2D eigenvalue weighted by Crippen LogP contribution is 2.15. The van der Waals surface area contributed by atoms with Crippen molar-refractivity contribution >= 4 is 46.9 Å². The van der Waals surface area contributed by atoms with Crippen LogP contribution in [0.2, 0.25) is 0 Å². The number of nitrogens with one attached hydrogen (secondary N) is 2. The van der Waals surface area contributed by atoms with Crippen molar-refractivity contribution in [1.82, 2.24) is 10.6 Å². The topological polar surface area (TPSA) is 196 Å². The van der Waals surface area contributed by atoms with Crippen LogP contribution in [0.5, 0.6) is 0 Å². The van der Waals surface area contributed by atoms with Gasteiger partial charge in [0.1, 0.15) is 12.1 Å². The number of aryl methyl sites for hydroxylation is 1. The largest absolute Gasteiger partial charge is 0.481 e. The van der Waals surface area contributed by atoms with Crippen LogP contribution in [0.4, 0.5) is 0 Å². The molecule has 2 aromatic rings. The minimum Gasteiger partial charge on any atom is -0.481 e. The predicted molar refractivity (Wildman–Crippen MR) is 138 cm³/mol. The molecule has 0 spiro atoms. The summed E-state index contributed by atoms with van der Waals surface area (Å²) in [5.41, 5.74) is 6.90. The number of aliphatic carboxylic acids is 2. The van der Waals surface area contributed by atoms with Crippen molar-refractivity contribution in [1.29, 1.82) is 0 Å². The number of rotatable bonds is 8. The Balaban J connectivity index is 0.000000318. The van der Waals surface area contributed by atoms with E-state index in [9.17, 15) is 24.0 Å². The number of ketones is 1. The predicted octanol–water partition coefficient (Wildman–Crippen LogP) is 1.82. The second-order valence-electron chi connectivity index (χ2n) is 7.79. The summed E-state index contributed by atoms with van der Waals surface area (Å²) in [4.78, 5) is 53.8. The summed E-state index contributed by atoms with van der Waals surface area (Å²) < 4.78 is 0. The Labute approximate surface area is 218 Å². The molecule has 198 valence electrons. The lowest BCUT2D eigenvalue weighted by Crippen LogP contribution is -2.30. The Morgan fingerprint density at radius 2 is 1.57 bits per heavy atom. The van der Waals surface area contributed by atoms with Crippen molar-refractivity contribution in [3.05, 3.63) is 70.8 Å². The standard InChI is InChI=1S/C16H14O3.C5H9NO4.C4H6N2OS/c1-2-11-7-9-12(10-8-11)15(17)13-5-3-4-6-14(13)16(18)19;6-3(5(9)10)1-2-4(7)8;1-2-3(7)6-4(8)5-2/h3-10H,2H2,1H3,(H,18,19);3H,1-2,6H2,(H,7,8)(H,9,10);2H,1H3,(H2,5,6,7,8). The number of carbonyl (C=O) groups is 5. The number of benzene rings is 2. The quantitative estimate of drug-likeness (QED) is 0.215. The van der Waals surface area contributed by atoms with Crippen LogP contribution in [0.25, 0.3) is 0 Å². The molecule has 0 bridgehead atoms. The van der Waals surface area contributed by atoms with E-state index in [1.165, 1.54) is 6.07 Å². The van der Waals surface area contributed by atoms with Gasteiger partial charge in [-0.05, 0) is 43.6 Å². The molecule has 0 aliphatic carbocycles. The van der Waals surface area contributed by atoms with Gasteiger partial charge >= 0.3 is 17.9 Å². The molecule has 1 saturated heterocycles. The molecule has 1 heterocycles. The van der Waals surface area contributed by atoms with Gasteiger partial charge in [-0.25, -0.2) is 4.79 Å². The Morgan fingerprint density at radius 3 is 1.95 bits per heavy atom. The van der Waals surface area contributed by atoms with Crippen molar-refractivity contribution in [2.45, 2.75) is 45.2 Å². The van der Waals surface area contributed by atoms with Gasteiger partial charge in [-0.2, -0.15) is 0 Å². The van der Waals surface area contributed by atoms with E-state index in [1.54, 1.807) is 37.3 Å². The van der Waals surface area contributed by atoms with E-state index < -0.39 is 23.9 Å². The Kier molecular flexibility index (Phi) is 12.6. The molecule has 2 unspecified atom stereocenters. The van der Waals surface area contributed by atoms with Gasteiger partial charge < -0.3 is 31.7 Å². The number of aromatic carboxylic acids is 1. The summed E-state index contributed by atoms with van der Waals surface area (Å²) in [5.74, 6) is -3.59. The number of nitrogens with two attached hydrogens (primary N) is 1. The Hall–Kier alpha value is -4.16. The fourth-order valence-electron chi connectivity index (χ4n) is 2.84. The number of carboxylic acid groups (broad SMARTS) is 3. The third-order valence-electron chi connectivity index (χ3n) is 4.99. The van der Waals surface area contributed by atoms with Crippen LogP contribution in [0.3, 0.4) is 0 Å². The van der Waals surface area contributed by atoms with Gasteiger partial charge in [-0.1, -0.05) is 49.4 Å². The minimum atomic E-state index is -1.17. The van der Waals surface area contributed by atoms with E-state index in [0.717, 1.165) is 12.0 Å². The van der Waals surface area contributed by atoms with Crippen molar-refractivity contribution in [2.75, 3.05) is 0 Å². The molecule has 2 atom stereocenters. The van der Waals surface area contributed by atoms with Crippen LogP contribution < -0.4 is 16.4 Å². The third kappa shape index (κ3) is 10.5. The lowest BCUT2D eigenvalue weighted by atomic mass is 9.97. The third-order valence-corrected chi connectivity index (χ3v) is 5.21. The van der Waals surface area contributed by atoms with Crippen LogP contribution in [0.1, 0.15) is 58.5 Å². The molecular formula is C25H29N3O8S. The fourth-order valence-corrected chi connectivity index (χ4v) is 3.11. The highest BCUT2D eigenvalue weighted by atomic mass is 32.1. The van der Waals surface area contributed by atoms with Crippen LogP contribution in [0.15, 0.2) is 48.5 Å². The molecule has 7 N–H and O–H groups in total. The molecule has 0 saturated carbocycles. The summed E-state index contributed by atoms with van der Waals surface area (Å²) >= 11 is 4.63. The highest BCUT2D eigenvalue weighted by molar-refractivity contribution is 7.80. The average molecular weight is 532 g/mol. The van der Waals surface area contributed by atoms with Gasteiger partial charge in [0.15, 0.2) is 10.9 Å². The molecule has 0 aromatic heterocycles. The van der Waals surface area contributed by atoms with Crippen molar-refractivity contribution < 1.29 is 39.3 Å².